The lowest BCUT2D eigenvalue weighted by molar-refractivity contribution is -0.140. The number of nitrogens with two attached hydrogens (primary N) is 1. The van der Waals surface area contributed by atoms with Crippen molar-refractivity contribution < 1.29 is 13.2 Å². The molecule has 98 valence electrons. The van der Waals surface area contributed by atoms with Gasteiger partial charge in [-0.3, -0.25) is 5.10 Å². The maximum absolute atomic E-state index is 12.9. The first-order valence-electron chi connectivity index (χ1n) is 5.06. The van der Waals surface area contributed by atoms with E-state index in [1.807, 2.05) is 0 Å². The van der Waals surface area contributed by atoms with Gasteiger partial charge in [0.25, 0.3) is 0 Å². The van der Waals surface area contributed by atoms with Crippen molar-refractivity contribution >= 4 is 16.9 Å². The standard InChI is InChI=1S/C9H6F3N7/c10-9(11,12)6-5-7(13)16-17-8(5)19(18-6)4-2-1-3-14-15-4/h1-3H,(H3,13,16,17). The highest BCUT2D eigenvalue weighted by Crippen LogP contribution is 2.36. The first-order valence-corrected chi connectivity index (χ1v) is 5.06. The van der Waals surface area contributed by atoms with Crippen LogP contribution in [0.2, 0.25) is 0 Å². The van der Waals surface area contributed by atoms with Crippen LogP contribution in [0.25, 0.3) is 16.9 Å². The first-order chi connectivity index (χ1) is 8.98. The summed E-state index contributed by atoms with van der Waals surface area (Å²) >= 11 is 0. The quantitative estimate of drug-likeness (QED) is 0.690. The Bertz CT molecular complexity index is 727. The van der Waals surface area contributed by atoms with Gasteiger partial charge >= 0.3 is 6.18 Å². The van der Waals surface area contributed by atoms with Crippen LogP contribution in [-0.2, 0) is 6.18 Å². The number of halogens is 3. The maximum Gasteiger partial charge on any atom is 0.436 e. The summed E-state index contributed by atoms with van der Waals surface area (Å²) in [7, 11) is 0. The molecule has 0 aromatic carbocycles. The van der Waals surface area contributed by atoms with Crippen molar-refractivity contribution in [1.29, 1.82) is 0 Å². The Kier molecular flexibility index (Phi) is 2.21. The van der Waals surface area contributed by atoms with Crippen molar-refractivity contribution in [2.75, 3.05) is 5.73 Å². The van der Waals surface area contributed by atoms with E-state index in [9.17, 15) is 13.2 Å². The Balaban J connectivity index is 2.34. The second-order valence-corrected chi connectivity index (χ2v) is 3.68. The monoisotopic (exact) mass is 269 g/mol. The summed E-state index contributed by atoms with van der Waals surface area (Å²) in [4.78, 5) is 0. The number of nitrogens with one attached hydrogen (secondary N) is 1. The molecule has 3 N–H and O–H groups in total. The van der Waals surface area contributed by atoms with Crippen LogP contribution in [0.15, 0.2) is 18.3 Å². The highest BCUT2D eigenvalue weighted by molar-refractivity contribution is 5.90. The Labute approximate surface area is 103 Å². The molecule has 0 aliphatic heterocycles. The summed E-state index contributed by atoms with van der Waals surface area (Å²) in [5.41, 5.74) is 4.30. The van der Waals surface area contributed by atoms with Crippen molar-refractivity contribution in [2.24, 2.45) is 0 Å². The first kappa shape index (κ1) is 11.4. The van der Waals surface area contributed by atoms with Gasteiger partial charge in [-0.15, -0.1) is 5.10 Å². The molecule has 0 bridgehead atoms. The molecule has 0 radical (unpaired) electrons. The summed E-state index contributed by atoms with van der Waals surface area (Å²) in [5, 5.41) is 16.5. The van der Waals surface area contributed by atoms with E-state index >= 15 is 0 Å². The Morgan fingerprint density at radius 2 is 2.11 bits per heavy atom. The second kappa shape index (κ2) is 3.67. The molecule has 0 saturated heterocycles. The molecular formula is C9H6F3N7. The molecule has 0 aliphatic carbocycles. The van der Waals surface area contributed by atoms with Crippen molar-refractivity contribution in [3.63, 3.8) is 0 Å². The predicted octanol–water partition coefficient (Wildman–Crippen LogP) is 1.14. The minimum Gasteiger partial charge on any atom is -0.383 e. The molecule has 7 nitrogen and oxygen atoms in total. The third-order valence-corrected chi connectivity index (χ3v) is 2.46. The molecule has 3 aromatic heterocycles. The van der Waals surface area contributed by atoms with Gasteiger partial charge in [0.15, 0.2) is 17.2 Å². The number of hydrogen-bond acceptors (Lipinski definition) is 5. The fourth-order valence-electron chi connectivity index (χ4n) is 1.69. The van der Waals surface area contributed by atoms with Crippen LogP contribution in [0.5, 0.6) is 0 Å². The fourth-order valence-corrected chi connectivity index (χ4v) is 1.69. The van der Waals surface area contributed by atoms with Crippen LogP contribution < -0.4 is 5.73 Å². The number of nitrogens with zero attached hydrogens (tertiary/aromatic N) is 5. The van der Waals surface area contributed by atoms with Crippen LogP contribution in [-0.4, -0.2) is 30.2 Å². The lowest BCUT2D eigenvalue weighted by Crippen LogP contribution is -2.09. The number of H-pyrrole nitrogens is 1. The zero-order chi connectivity index (χ0) is 13.6. The van der Waals surface area contributed by atoms with Crippen molar-refractivity contribution in [3.8, 4) is 5.82 Å². The molecule has 0 saturated carbocycles. The third kappa shape index (κ3) is 1.68. The highest BCUT2D eigenvalue weighted by Gasteiger charge is 2.39. The molecule has 3 rings (SSSR count). The molecule has 0 unspecified atom stereocenters. The van der Waals surface area contributed by atoms with Gasteiger partial charge in [0.1, 0.15) is 5.82 Å². The van der Waals surface area contributed by atoms with Crippen molar-refractivity contribution in [3.05, 3.63) is 24.0 Å². The van der Waals surface area contributed by atoms with E-state index in [4.69, 9.17) is 5.73 Å². The summed E-state index contributed by atoms with van der Waals surface area (Å²) in [6, 6.07) is 2.99. The highest BCUT2D eigenvalue weighted by atomic mass is 19.4. The molecule has 0 spiro atoms. The molecule has 3 heterocycles. The fraction of sp³-hybridized carbons (Fsp3) is 0.111. The van der Waals surface area contributed by atoms with E-state index in [1.165, 1.54) is 18.3 Å². The summed E-state index contributed by atoms with van der Waals surface area (Å²) in [6.45, 7) is 0. The maximum atomic E-state index is 12.9. The molecule has 10 heteroatoms. The van der Waals surface area contributed by atoms with Crippen LogP contribution in [0.1, 0.15) is 5.69 Å². The molecular weight excluding hydrogens is 263 g/mol. The van der Waals surface area contributed by atoms with Gasteiger partial charge in [-0.1, -0.05) is 0 Å². The van der Waals surface area contributed by atoms with E-state index in [1.54, 1.807) is 0 Å². The van der Waals surface area contributed by atoms with Gasteiger partial charge in [-0.25, -0.2) is 0 Å². The lowest BCUT2D eigenvalue weighted by atomic mass is 10.3. The largest absolute Gasteiger partial charge is 0.436 e. The Hall–Kier alpha value is -2.65. The predicted molar refractivity (Wildman–Crippen MR) is 58.2 cm³/mol. The Morgan fingerprint density at radius 1 is 1.32 bits per heavy atom. The number of rotatable bonds is 1. The summed E-state index contributed by atoms with van der Waals surface area (Å²) < 4.78 is 39.6. The second-order valence-electron chi connectivity index (χ2n) is 3.68. The van der Waals surface area contributed by atoms with E-state index in [-0.39, 0.29) is 22.7 Å². The summed E-state index contributed by atoms with van der Waals surface area (Å²) in [5.74, 6) is -0.0769. The normalized spacial score (nSPS) is 12.2. The average molecular weight is 269 g/mol. The van der Waals surface area contributed by atoms with Gasteiger partial charge in [0, 0.05) is 6.20 Å². The van der Waals surface area contributed by atoms with Crippen LogP contribution in [0.4, 0.5) is 19.0 Å². The number of fused-ring (bicyclic) bond motifs is 1. The molecule has 0 atom stereocenters. The number of anilines is 1. The van der Waals surface area contributed by atoms with E-state index in [2.05, 4.69) is 25.5 Å². The van der Waals surface area contributed by atoms with Gasteiger partial charge in [-0.2, -0.15) is 33.1 Å². The SMILES string of the molecule is Nc1[nH]nc2c1c(C(F)(F)F)nn2-c1cccnn1. The molecule has 0 amide bonds. The van der Waals surface area contributed by atoms with Crippen molar-refractivity contribution in [1.82, 2.24) is 30.2 Å². The van der Waals surface area contributed by atoms with E-state index in [0.717, 1.165) is 4.68 Å². The average Bonchev–Trinajstić information content (AvgIpc) is 2.91. The van der Waals surface area contributed by atoms with Gasteiger partial charge in [0.05, 0.1) is 5.39 Å². The van der Waals surface area contributed by atoms with Crippen LogP contribution >= 0.6 is 0 Å². The third-order valence-electron chi connectivity index (χ3n) is 2.46. The topological polar surface area (TPSA) is 98.3 Å². The van der Waals surface area contributed by atoms with Gasteiger partial charge in [-0.05, 0) is 12.1 Å². The smallest absolute Gasteiger partial charge is 0.383 e. The van der Waals surface area contributed by atoms with Gasteiger partial charge < -0.3 is 5.73 Å². The number of alkyl halides is 3. The zero-order valence-corrected chi connectivity index (χ0v) is 9.18. The molecule has 19 heavy (non-hydrogen) atoms. The minimum absolute atomic E-state index is 0.0506. The zero-order valence-electron chi connectivity index (χ0n) is 9.18. The molecule has 3 aromatic rings. The minimum atomic E-state index is -4.64. The summed E-state index contributed by atoms with van der Waals surface area (Å²) in [6.07, 6.45) is -3.24. The van der Waals surface area contributed by atoms with Gasteiger partial charge in [0.2, 0.25) is 0 Å². The number of hydrogen-bond donors (Lipinski definition) is 2. The Morgan fingerprint density at radius 3 is 2.74 bits per heavy atom. The van der Waals surface area contributed by atoms with E-state index < -0.39 is 11.9 Å². The van der Waals surface area contributed by atoms with E-state index in [0.29, 0.717) is 0 Å². The number of aromatic nitrogens is 6. The molecule has 0 fully saturated rings. The molecule has 0 aliphatic rings. The van der Waals surface area contributed by atoms with Crippen molar-refractivity contribution in [2.45, 2.75) is 6.18 Å². The lowest BCUT2D eigenvalue weighted by Gasteiger charge is -2.02. The number of aromatic amines is 1. The number of nitrogen functional groups attached to an aromatic ring is 1. The van der Waals surface area contributed by atoms with Crippen LogP contribution in [0, 0.1) is 0 Å². The van der Waals surface area contributed by atoms with Crippen LogP contribution in [0.3, 0.4) is 0 Å².